The van der Waals surface area contributed by atoms with Crippen LogP contribution in [0.5, 0.6) is 0 Å². The van der Waals surface area contributed by atoms with E-state index in [0.29, 0.717) is 16.5 Å². The highest BCUT2D eigenvalue weighted by Crippen LogP contribution is 2.24. The predicted molar refractivity (Wildman–Crippen MR) is 62.0 cm³/mol. The van der Waals surface area contributed by atoms with Gasteiger partial charge in [0, 0.05) is 13.1 Å². The number of halogens is 1. The molecule has 0 aliphatic carbocycles. The number of anilines is 1. The fourth-order valence-electron chi connectivity index (χ4n) is 1.86. The lowest BCUT2D eigenvalue weighted by Gasteiger charge is -2.18. The Kier molecular flexibility index (Phi) is 3.29. The number of rotatable bonds is 2. The third-order valence-electron chi connectivity index (χ3n) is 2.65. The maximum atomic E-state index is 11.6. The minimum absolute atomic E-state index is 0.369. The van der Waals surface area contributed by atoms with Crippen molar-refractivity contribution >= 4 is 23.4 Å². The Bertz CT molecular complexity index is 403. The first-order chi connectivity index (χ1) is 7.72. The Morgan fingerprint density at radius 3 is 2.75 bits per heavy atom. The molecule has 1 aliphatic rings. The second-order valence-electron chi connectivity index (χ2n) is 3.69. The summed E-state index contributed by atoms with van der Waals surface area (Å²) in [5.41, 5.74) is 0.480. The molecule has 1 aromatic heterocycles. The summed E-state index contributed by atoms with van der Waals surface area (Å²) < 4.78 is 4.73. The molecule has 86 valence electrons. The summed E-state index contributed by atoms with van der Waals surface area (Å²) >= 11 is 5.85. The van der Waals surface area contributed by atoms with Gasteiger partial charge in [0.2, 0.25) is 0 Å². The fraction of sp³-hybridized carbons (Fsp3) is 0.455. The molecule has 1 saturated heterocycles. The van der Waals surface area contributed by atoms with Gasteiger partial charge < -0.3 is 9.64 Å². The summed E-state index contributed by atoms with van der Waals surface area (Å²) in [6.45, 7) is 1.83. The molecule has 0 saturated carbocycles. The van der Waals surface area contributed by atoms with Crippen molar-refractivity contribution in [1.82, 2.24) is 4.98 Å². The maximum absolute atomic E-state index is 11.6. The lowest BCUT2D eigenvalue weighted by atomic mass is 10.2. The number of carbonyl (C=O) groups is 1. The summed E-state index contributed by atoms with van der Waals surface area (Å²) in [5, 5.41) is 0.398. The van der Waals surface area contributed by atoms with Crippen LogP contribution in [0.2, 0.25) is 5.15 Å². The minimum Gasteiger partial charge on any atom is -0.465 e. The summed E-state index contributed by atoms with van der Waals surface area (Å²) in [6, 6.07) is 3.27. The van der Waals surface area contributed by atoms with Gasteiger partial charge in [-0.05, 0) is 25.0 Å². The average molecular weight is 241 g/mol. The Labute approximate surface area is 99.2 Å². The highest BCUT2D eigenvalue weighted by molar-refractivity contribution is 6.29. The Hall–Kier alpha value is -1.29. The molecule has 0 amide bonds. The lowest BCUT2D eigenvalue weighted by Crippen LogP contribution is -2.22. The quantitative estimate of drug-likeness (QED) is 0.587. The van der Waals surface area contributed by atoms with Crippen LogP contribution in [0.4, 0.5) is 5.82 Å². The molecule has 0 bridgehead atoms. The summed E-state index contributed by atoms with van der Waals surface area (Å²) in [7, 11) is 1.37. The molecule has 1 aromatic rings. The number of hydrogen-bond acceptors (Lipinski definition) is 4. The Balaban J connectivity index is 2.39. The van der Waals surface area contributed by atoms with Gasteiger partial charge in [-0.25, -0.2) is 9.78 Å². The van der Waals surface area contributed by atoms with Gasteiger partial charge in [0.05, 0.1) is 7.11 Å². The van der Waals surface area contributed by atoms with Crippen LogP contribution in [-0.2, 0) is 4.74 Å². The number of pyridine rings is 1. The van der Waals surface area contributed by atoms with E-state index in [4.69, 9.17) is 16.3 Å². The maximum Gasteiger partial charge on any atom is 0.341 e. The van der Waals surface area contributed by atoms with Crippen molar-refractivity contribution in [3.63, 3.8) is 0 Å². The van der Waals surface area contributed by atoms with Gasteiger partial charge in [0.25, 0.3) is 0 Å². The van der Waals surface area contributed by atoms with E-state index in [2.05, 4.69) is 9.88 Å². The number of hydrogen-bond donors (Lipinski definition) is 0. The molecule has 0 spiro atoms. The number of aromatic nitrogens is 1. The van der Waals surface area contributed by atoms with E-state index < -0.39 is 0 Å². The molecule has 16 heavy (non-hydrogen) atoms. The van der Waals surface area contributed by atoms with Gasteiger partial charge in [0.15, 0.2) is 0 Å². The molecule has 1 aliphatic heterocycles. The van der Waals surface area contributed by atoms with Gasteiger partial charge in [0.1, 0.15) is 16.5 Å². The zero-order chi connectivity index (χ0) is 11.5. The summed E-state index contributed by atoms with van der Waals surface area (Å²) in [4.78, 5) is 17.9. The Morgan fingerprint density at radius 2 is 2.12 bits per heavy atom. The van der Waals surface area contributed by atoms with Crippen molar-refractivity contribution in [2.24, 2.45) is 0 Å². The molecular weight excluding hydrogens is 228 g/mol. The van der Waals surface area contributed by atoms with Crippen LogP contribution in [0.1, 0.15) is 23.2 Å². The number of carbonyl (C=O) groups excluding carboxylic acids is 1. The van der Waals surface area contributed by atoms with E-state index in [1.165, 1.54) is 7.11 Å². The summed E-state index contributed by atoms with van der Waals surface area (Å²) in [6.07, 6.45) is 2.24. The van der Waals surface area contributed by atoms with Crippen molar-refractivity contribution < 1.29 is 9.53 Å². The standard InChI is InChI=1S/C11H13ClN2O2/c1-16-11(15)8-4-5-9(12)13-10(8)14-6-2-3-7-14/h4-5H,2-3,6-7H2,1H3. The van der Waals surface area contributed by atoms with Crippen molar-refractivity contribution in [1.29, 1.82) is 0 Å². The van der Waals surface area contributed by atoms with E-state index >= 15 is 0 Å². The molecule has 0 unspecified atom stereocenters. The first-order valence-corrected chi connectivity index (χ1v) is 5.60. The molecule has 1 fully saturated rings. The normalized spacial score (nSPS) is 15.2. The molecule has 0 radical (unpaired) electrons. The highest BCUT2D eigenvalue weighted by Gasteiger charge is 2.21. The predicted octanol–water partition coefficient (Wildman–Crippen LogP) is 2.12. The van der Waals surface area contributed by atoms with E-state index in [0.717, 1.165) is 25.9 Å². The van der Waals surface area contributed by atoms with Gasteiger partial charge in [-0.2, -0.15) is 0 Å². The number of esters is 1. The second kappa shape index (κ2) is 4.70. The Morgan fingerprint density at radius 1 is 1.44 bits per heavy atom. The SMILES string of the molecule is COC(=O)c1ccc(Cl)nc1N1CCCC1. The largest absolute Gasteiger partial charge is 0.465 e. The molecule has 4 nitrogen and oxygen atoms in total. The third-order valence-corrected chi connectivity index (χ3v) is 2.86. The van der Waals surface area contributed by atoms with Crippen LogP contribution in [0, 0.1) is 0 Å². The first kappa shape index (κ1) is 11.2. The molecule has 2 rings (SSSR count). The van der Waals surface area contributed by atoms with Crippen LogP contribution >= 0.6 is 11.6 Å². The minimum atomic E-state index is -0.369. The van der Waals surface area contributed by atoms with Crippen LogP contribution in [0.15, 0.2) is 12.1 Å². The molecule has 5 heteroatoms. The van der Waals surface area contributed by atoms with Crippen LogP contribution < -0.4 is 4.90 Å². The van der Waals surface area contributed by atoms with Crippen LogP contribution in [0.25, 0.3) is 0 Å². The van der Waals surface area contributed by atoms with Crippen LogP contribution in [-0.4, -0.2) is 31.2 Å². The van der Waals surface area contributed by atoms with Gasteiger partial charge in [-0.3, -0.25) is 0 Å². The fourth-order valence-corrected chi connectivity index (χ4v) is 2.01. The second-order valence-corrected chi connectivity index (χ2v) is 4.08. The van der Waals surface area contributed by atoms with E-state index in [1.54, 1.807) is 12.1 Å². The number of nitrogens with zero attached hydrogens (tertiary/aromatic N) is 2. The topological polar surface area (TPSA) is 42.4 Å². The van der Waals surface area contributed by atoms with E-state index in [-0.39, 0.29) is 5.97 Å². The zero-order valence-electron chi connectivity index (χ0n) is 9.07. The first-order valence-electron chi connectivity index (χ1n) is 5.22. The molecule has 0 N–H and O–H groups in total. The van der Waals surface area contributed by atoms with Crippen molar-refractivity contribution in [3.05, 3.63) is 22.8 Å². The van der Waals surface area contributed by atoms with Gasteiger partial charge >= 0.3 is 5.97 Å². The number of methoxy groups -OCH3 is 1. The molecule has 0 aromatic carbocycles. The van der Waals surface area contributed by atoms with Crippen molar-refractivity contribution in [2.75, 3.05) is 25.1 Å². The summed E-state index contributed by atoms with van der Waals surface area (Å²) in [5.74, 6) is 0.267. The van der Waals surface area contributed by atoms with Gasteiger partial charge in [-0.15, -0.1) is 0 Å². The van der Waals surface area contributed by atoms with Gasteiger partial charge in [-0.1, -0.05) is 11.6 Å². The monoisotopic (exact) mass is 240 g/mol. The van der Waals surface area contributed by atoms with E-state index in [9.17, 15) is 4.79 Å². The highest BCUT2D eigenvalue weighted by atomic mass is 35.5. The molecule has 2 heterocycles. The smallest absolute Gasteiger partial charge is 0.341 e. The average Bonchev–Trinajstić information content (AvgIpc) is 2.81. The van der Waals surface area contributed by atoms with Crippen LogP contribution in [0.3, 0.4) is 0 Å². The molecular formula is C11H13ClN2O2. The van der Waals surface area contributed by atoms with E-state index in [1.807, 2.05) is 0 Å². The van der Waals surface area contributed by atoms with Crippen molar-refractivity contribution in [2.45, 2.75) is 12.8 Å². The lowest BCUT2D eigenvalue weighted by molar-refractivity contribution is 0.0601. The number of ether oxygens (including phenoxy) is 1. The zero-order valence-corrected chi connectivity index (χ0v) is 9.83. The van der Waals surface area contributed by atoms with Crippen molar-refractivity contribution in [3.8, 4) is 0 Å². The third kappa shape index (κ3) is 2.11. The molecule has 0 atom stereocenters.